The summed E-state index contributed by atoms with van der Waals surface area (Å²) in [4.78, 5) is 0.0662. The Morgan fingerprint density at radius 2 is 1.92 bits per heavy atom. The van der Waals surface area contributed by atoms with Crippen molar-refractivity contribution in [3.05, 3.63) is 47.0 Å². The predicted molar refractivity (Wildman–Crippen MR) is 95.1 cm³/mol. The summed E-state index contributed by atoms with van der Waals surface area (Å²) in [6.45, 7) is 0.173. The number of fused-ring (bicyclic) bond motifs is 1. The normalized spacial score (nSPS) is 17.1. The number of aliphatic hydroxyl groups excluding tert-OH is 1. The van der Waals surface area contributed by atoms with E-state index in [4.69, 9.17) is 21.1 Å². The third kappa shape index (κ3) is 3.15. The zero-order chi connectivity index (χ0) is 18.2. The van der Waals surface area contributed by atoms with Gasteiger partial charge >= 0.3 is 0 Å². The van der Waals surface area contributed by atoms with E-state index in [0.717, 1.165) is 0 Å². The first kappa shape index (κ1) is 17.8. The van der Waals surface area contributed by atoms with Gasteiger partial charge in [0.2, 0.25) is 0 Å². The van der Waals surface area contributed by atoms with Gasteiger partial charge in [0.15, 0.2) is 0 Å². The Hall–Kier alpha value is -1.96. The maximum Gasteiger partial charge on any atom is 0.264 e. The van der Waals surface area contributed by atoms with Gasteiger partial charge in [-0.25, -0.2) is 8.42 Å². The molecule has 3 rings (SSSR count). The topological polar surface area (TPSA) is 76.1 Å². The lowest BCUT2D eigenvalue weighted by molar-refractivity contribution is 0.166. The summed E-state index contributed by atoms with van der Waals surface area (Å²) in [5.74, 6) is 0.962. The molecule has 0 aliphatic carbocycles. The van der Waals surface area contributed by atoms with Crippen LogP contribution in [0, 0.1) is 0 Å². The monoisotopic (exact) mass is 383 g/mol. The summed E-state index contributed by atoms with van der Waals surface area (Å²) in [6.07, 6.45) is -0.445. The van der Waals surface area contributed by atoms with Gasteiger partial charge in [-0.1, -0.05) is 11.6 Å². The van der Waals surface area contributed by atoms with Crippen molar-refractivity contribution < 1.29 is 23.0 Å². The number of nitrogens with zero attached hydrogens (tertiary/aromatic N) is 1. The van der Waals surface area contributed by atoms with Gasteiger partial charge in [0.05, 0.1) is 35.9 Å². The molecule has 1 N–H and O–H groups in total. The van der Waals surface area contributed by atoms with Gasteiger partial charge in [-0.15, -0.1) is 0 Å². The number of rotatable bonds is 4. The molecule has 1 unspecified atom stereocenters. The minimum Gasteiger partial charge on any atom is -0.497 e. The summed E-state index contributed by atoms with van der Waals surface area (Å²) < 4.78 is 37.7. The average Bonchev–Trinajstić information content (AvgIpc) is 2.61. The van der Waals surface area contributed by atoms with E-state index in [1.54, 1.807) is 18.2 Å². The fraction of sp³-hybridized carbons (Fsp3) is 0.294. The van der Waals surface area contributed by atoms with E-state index >= 15 is 0 Å². The number of aliphatic hydroxyl groups is 1. The molecule has 8 heteroatoms. The number of sulfonamides is 1. The average molecular weight is 384 g/mol. The lowest BCUT2D eigenvalue weighted by atomic mass is 10.0. The molecule has 1 aliphatic heterocycles. The van der Waals surface area contributed by atoms with E-state index < -0.39 is 16.1 Å². The van der Waals surface area contributed by atoms with Crippen LogP contribution in [-0.4, -0.2) is 34.3 Å². The quantitative estimate of drug-likeness (QED) is 0.878. The first-order valence-electron chi connectivity index (χ1n) is 7.60. The molecule has 0 amide bonds. The zero-order valence-corrected chi connectivity index (χ0v) is 15.3. The molecule has 1 aliphatic rings. The van der Waals surface area contributed by atoms with Gasteiger partial charge in [0.1, 0.15) is 11.5 Å². The Kier molecular flexibility index (Phi) is 4.81. The molecule has 25 heavy (non-hydrogen) atoms. The van der Waals surface area contributed by atoms with Crippen LogP contribution in [0.2, 0.25) is 5.02 Å². The van der Waals surface area contributed by atoms with Gasteiger partial charge in [0, 0.05) is 12.1 Å². The number of benzene rings is 2. The molecule has 0 bridgehead atoms. The van der Waals surface area contributed by atoms with E-state index in [2.05, 4.69) is 0 Å². The number of hydrogen-bond donors (Lipinski definition) is 1. The van der Waals surface area contributed by atoms with Crippen molar-refractivity contribution in [1.82, 2.24) is 0 Å². The Labute approximate surface area is 151 Å². The van der Waals surface area contributed by atoms with Gasteiger partial charge in [0.25, 0.3) is 10.0 Å². The molecular weight excluding hydrogens is 366 g/mol. The number of anilines is 1. The third-order valence-corrected chi connectivity index (χ3v) is 6.28. The molecule has 0 radical (unpaired) electrons. The van der Waals surface area contributed by atoms with Crippen molar-refractivity contribution in [1.29, 1.82) is 0 Å². The highest BCUT2D eigenvalue weighted by atomic mass is 35.5. The summed E-state index contributed by atoms with van der Waals surface area (Å²) in [7, 11) is -0.843. The molecule has 1 heterocycles. The van der Waals surface area contributed by atoms with Crippen LogP contribution in [0.25, 0.3) is 0 Å². The summed E-state index contributed by atoms with van der Waals surface area (Å²) >= 11 is 6.07. The highest BCUT2D eigenvalue weighted by Gasteiger charge is 2.33. The van der Waals surface area contributed by atoms with Crippen LogP contribution in [-0.2, 0) is 10.0 Å². The zero-order valence-electron chi connectivity index (χ0n) is 13.8. The highest BCUT2D eigenvalue weighted by Crippen LogP contribution is 2.39. The van der Waals surface area contributed by atoms with Crippen LogP contribution in [0.15, 0.2) is 41.3 Å². The Balaban J connectivity index is 2.07. The lowest BCUT2D eigenvalue weighted by Crippen LogP contribution is -2.36. The van der Waals surface area contributed by atoms with Crippen molar-refractivity contribution in [2.24, 2.45) is 0 Å². The van der Waals surface area contributed by atoms with Crippen LogP contribution in [0.5, 0.6) is 11.5 Å². The molecule has 0 aromatic heterocycles. The predicted octanol–water partition coefficient (Wildman–Crippen LogP) is 2.99. The van der Waals surface area contributed by atoms with Crippen molar-refractivity contribution in [2.75, 3.05) is 25.1 Å². The number of ether oxygens (including phenoxy) is 2. The second-order valence-electron chi connectivity index (χ2n) is 5.60. The molecule has 1 atom stereocenters. The molecule has 0 saturated carbocycles. The third-order valence-electron chi connectivity index (χ3n) is 4.18. The minimum absolute atomic E-state index is 0.0662. The SMILES string of the molecule is COc1ccc2c(c1)C(O)CCN2S(=O)(=O)c1ccc(OC)c(Cl)c1. The minimum atomic E-state index is -3.82. The molecule has 6 nitrogen and oxygen atoms in total. The van der Waals surface area contributed by atoms with Crippen LogP contribution < -0.4 is 13.8 Å². The van der Waals surface area contributed by atoms with Crippen LogP contribution >= 0.6 is 11.6 Å². The maximum absolute atomic E-state index is 13.1. The number of halogens is 1. The summed E-state index contributed by atoms with van der Waals surface area (Å²) in [5.41, 5.74) is 0.959. The van der Waals surface area contributed by atoms with E-state index in [0.29, 0.717) is 29.2 Å². The molecule has 2 aromatic carbocycles. The standard InChI is InChI=1S/C17H18ClNO5S/c1-23-11-3-5-15-13(9-11)16(20)7-8-19(15)25(21,22)12-4-6-17(24-2)14(18)10-12/h3-6,9-10,16,20H,7-8H2,1-2H3. The second kappa shape index (κ2) is 6.74. The molecule has 2 aromatic rings. The fourth-order valence-corrected chi connectivity index (χ4v) is 4.71. The van der Waals surface area contributed by atoms with Crippen molar-refractivity contribution in [3.63, 3.8) is 0 Å². The number of methoxy groups -OCH3 is 2. The molecular formula is C17H18ClNO5S. The van der Waals surface area contributed by atoms with Crippen molar-refractivity contribution in [2.45, 2.75) is 17.4 Å². The Morgan fingerprint density at radius 3 is 2.56 bits per heavy atom. The number of hydrogen-bond acceptors (Lipinski definition) is 5. The first-order valence-corrected chi connectivity index (χ1v) is 9.42. The van der Waals surface area contributed by atoms with Gasteiger partial charge < -0.3 is 14.6 Å². The maximum atomic E-state index is 13.1. The summed E-state index contributed by atoms with van der Waals surface area (Å²) in [5, 5.41) is 10.5. The second-order valence-corrected chi connectivity index (χ2v) is 7.87. The van der Waals surface area contributed by atoms with E-state index in [1.165, 1.54) is 36.7 Å². The molecule has 0 saturated heterocycles. The van der Waals surface area contributed by atoms with Crippen LogP contribution in [0.1, 0.15) is 18.1 Å². The van der Waals surface area contributed by atoms with E-state index in [9.17, 15) is 13.5 Å². The lowest BCUT2D eigenvalue weighted by Gasteiger charge is -2.33. The van der Waals surface area contributed by atoms with Gasteiger partial charge in [-0.2, -0.15) is 0 Å². The first-order chi connectivity index (χ1) is 11.9. The smallest absolute Gasteiger partial charge is 0.264 e. The molecule has 0 fully saturated rings. The van der Waals surface area contributed by atoms with E-state index in [1.807, 2.05) is 0 Å². The van der Waals surface area contributed by atoms with Crippen molar-refractivity contribution >= 4 is 27.3 Å². The highest BCUT2D eigenvalue weighted by molar-refractivity contribution is 7.92. The van der Waals surface area contributed by atoms with Crippen LogP contribution in [0.4, 0.5) is 5.69 Å². The Bertz CT molecular complexity index is 900. The largest absolute Gasteiger partial charge is 0.497 e. The van der Waals surface area contributed by atoms with Crippen LogP contribution in [0.3, 0.4) is 0 Å². The van der Waals surface area contributed by atoms with Gasteiger partial charge in [-0.3, -0.25) is 4.31 Å². The molecule has 0 spiro atoms. The van der Waals surface area contributed by atoms with E-state index in [-0.39, 0.29) is 16.5 Å². The molecule has 134 valence electrons. The van der Waals surface area contributed by atoms with Crippen molar-refractivity contribution in [3.8, 4) is 11.5 Å². The fourth-order valence-electron chi connectivity index (χ4n) is 2.85. The Morgan fingerprint density at radius 1 is 1.16 bits per heavy atom. The summed E-state index contributed by atoms with van der Waals surface area (Å²) in [6, 6.07) is 9.30. The van der Waals surface area contributed by atoms with Gasteiger partial charge in [-0.05, 0) is 42.8 Å².